The molecular formula is C16H15FN2O3. The normalized spacial score (nSPS) is 13.5. The molecule has 1 atom stereocenters. The van der Waals surface area contributed by atoms with Crippen LogP contribution in [-0.2, 0) is 4.79 Å². The molecule has 0 aliphatic carbocycles. The van der Waals surface area contributed by atoms with E-state index in [4.69, 9.17) is 9.47 Å². The Morgan fingerprint density at radius 3 is 2.77 bits per heavy atom. The summed E-state index contributed by atoms with van der Waals surface area (Å²) in [5.41, 5.74) is 0.882. The van der Waals surface area contributed by atoms with Gasteiger partial charge in [0.1, 0.15) is 11.9 Å². The van der Waals surface area contributed by atoms with Gasteiger partial charge in [0.15, 0.2) is 11.5 Å². The number of carbonyl (C=O) groups excluding carboxylic acids is 1. The zero-order chi connectivity index (χ0) is 15.5. The third kappa shape index (κ3) is 2.95. The van der Waals surface area contributed by atoms with Gasteiger partial charge >= 0.3 is 0 Å². The van der Waals surface area contributed by atoms with Crippen molar-refractivity contribution in [3.63, 3.8) is 0 Å². The zero-order valence-corrected chi connectivity index (χ0v) is 11.9. The Morgan fingerprint density at radius 1 is 1.18 bits per heavy atom. The summed E-state index contributed by atoms with van der Waals surface area (Å²) in [7, 11) is 0. The van der Waals surface area contributed by atoms with Crippen LogP contribution in [-0.4, -0.2) is 18.7 Å². The van der Waals surface area contributed by atoms with Crippen molar-refractivity contribution < 1.29 is 18.7 Å². The van der Waals surface area contributed by atoms with E-state index in [1.165, 1.54) is 12.1 Å². The van der Waals surface area contributed by atoms with Crippen LogP contribution >= 0.6 is 0 Å². The average Bonchev–Trinajstić information content (AvgIpc) is 2.97. The molecule has 22 heavy (non-hydrogen) atoms. The lowest BCUT2D eigenvalue weighted by Gasteiger charge is -2.15. The second kappa shape index (κ2) is 5.93. The molecule has 3 rings (SSSR count). The fourth-order valence-corrected chi connectivity index (χ4v) is 2.11. The van der Waals surface area contributed by atoms with Gasteiger partial charge < -0.3 is 20.1 Å². The summed E-state index contributed by atoms with van der Waals surface area (Å²) < 4.78 is 24.0. The summed E-state index contributed by atoms with van der Waals surface area (Å²) in [4.78, 5) is 12.1. The lowest BCUT2D eigenvalue weighted by atomic mass is 10.2. The Morgan fingerprint density at radius 2 is 1.95 bits per heavy atom. The van der Waals surface area contributed by atoms with E-state index < -0.39 is 11.9 Å². The van der Waals surface area contributed by atoms with Crippen molar-refractivity contribution in [3.8, 4) is 11.5 Å². The number of hydrogen-bond acceptors (Lipinski definition) is 4. The van der Waals surface area contributed by atoms with Gasteiger partial charge in [0.2, 0.25) is 12.7 Å². The van der Waals surface area contributed by atoms with E-state index in [0.717, 1.165) is 5.69 Å². The van der Waals surface area contributed by atoms with Crippen molar-refractivity contribution >= 4 is 17.3 Å². The first-order valence-corrected chi connectivity index (χ1v) is 6.85. The van der Waals surface area contributed by atoms with Gasteiger partial charge in [0.05, 0.1) is 5.69 Å². The number of halogens is 1. The first kappa shape index (κ1) is 14.2. The summed E-state index contributed by atoms with van der Waals surface area (Å²) in [6.45, 7) is 1.89. The molecule has 114 valence electrons. The molecule has 0 saturated carbocycles. The number of rotatable bonds is 4. The smallest absolute Gasteiger partial charge is 0.246 e. The highest BCUT2D eigenvalue weighted by molar-refractivity contribution is 5.96. The number of amides is 1. The molecule has 0 unspecified atom stereocenters. The molecule has 1 heterocycles. The van der Waals surface area contributed by atoms with Crippen LogP contribution in [0.4, 0.5) is 15.8 Å². The quantitative estimate of drug-likeness (QED) is 0.911. The van der Waals surface area contributed by atoms with E-state index >= 15 is 0 Å². The molecule has 2 aromatic rings. The lowest BCUT2D eigenvalue weighted by molar-refractivity contribution is -0.116. The molecule has 0 saturated heterocycles. The molecule has 1 aliphatic heterocycles. The van der Waals surface area contributed by atoms with Crippen LogP contribution < -0.4 is 20.1 Å². The fraction of sp³-hybridized carbons (Fsp3) is 0.188. The largest absolute Gasteiger partial charge is 0.454 e. The van der Waals surface area contributed by atoms with Crippen molar-refractivity contribution in [3.05, 3.63) is 48.3 Å². The van der Waals surface area contributed by atoms with Crippen LogP contribution in [0, 0.1) is 5.82 Å². The standard InChI is InChI=1S/C16H15FN2O3/c1-10(16(20)19-13-5-3-2-4-12(13)17)18-11-6-7-14-15(8-11)22-9-21-14/h2-8,10,18H,9H2,1H3,(H,19,20)/t10-/m1/s1. The summed E-state index contributed by atoms with van der Waals surface area (Å²) in [6.07, 6.45) is 0. The van der Waals surface area contributed by atoms with Gasteiger partial charge in [-0.05, 0) is 31.2 Å². The Labute approximate surface area is 127 Å². The predicted octanol–water partition coefficient (Wildman–Crippen LogP) is 2.99. The van der Waals surface area contributed by atoms with Crippen molar-refractivity contribution in [2.45, 2.75) is 13.0 Å². The molecular weight excluding hydrogens is 287 g/mol. The third-order valence-corrected chi connectivity index (χ3v) is 3.28. The number of ether oxygens (including phenoxy) is 2. The van der Waals surface area contributed by atoms with Crippen molar-refractivity contribution in [1.29, 1.82) is 0 Å². The highest BCUT2D eigenvalue weighted by Crippen LogP contribution is 2.34. The van der Waals surface area contributed by atoms with E-state index in [-0.39, 0.29) is 18.4 Å². The van der Waals surface area contributed by atoms with Gasteiger partial charge in [-0.25, -0.2) is 4.39 Å². The van der Waals surface area contributed by atoms with E-state index in [1.54, 1.807) is 37.3 Å². The molecule has 0 fully saturated rings. The second-order valence-corrected chi connectivity index (χ2v) is 4.90. The maximum atomic E-state index is 13.5. The molecule has 1 amide bonds. The third-order valence-electron chi connectivity index (χ3n) is 3.28. The van der Waals surface area contributed by atoms with Crippen molar-refractivity contribution in [2.24, 2.45) is 0 Å². The molecule has 2 N–H and O–H groups in total. The van der Waals surface area contributed by atoms with Crippen LogP contribution in [0.3, 0.4) is 0 Å². The number of anilines is 2. The number of hydrogen-bond donors (Lipinski definition) is 2. The fourth-order valence-electron chi connectivity index (χ4n) is 2.11. The lowest BCUT2D eigenvalue weighted by Crippen LogP contribution is -2.32. The van der Waals surface area contributed by atoms with Gasteiger partial charge in [0.25, 0.3) is 0 Å². The highest BCUT2D eigenvalue weighted by Gasteiger charge is 2.17. The summed E-state index contributed by atoms with van der Waals surface area (Å²) in [5, 5.41) is 5.59. The molecule has 0 aromatic heterocycles. The van der Waals surface area contributed by atoms with E-state index in [1.807, 2.05) is 0 Å². The molecule has 0 spiro atoms. The first-order valence-electron chi connectivity index (χ1n) is 6.85. The minimum absolute atomic E-state index is 0.159. The number of carbonyl (C=O) groups is 1. The molecule has 0 radical (unpaired) electrons. The average molecular weight is 302 g/mol. The van der Waals surface area contributed by atoms with Crippen LogP contribution in [0.15, 0.2) is 42.5 Å². The van der Waals surface area contributed by atoms with Gasteiger partial charge in [-0.15, -0.1) is 0 Å². The first-order chi connectivity index (χ1) is 10.6. The topological polar surface area (TPSA) is 59.6 Å². The number of benzene rings is 2. The second-order valence-electron chi connectivity index (χ2n) is 4.90. The Balaban J connectivity index is 1.65. The maximum absolute atomic E-state index is 13.5. The highest BCUT2D eigenvalue weighted by atomic mass is 19.1. The zero-order valence-electron chi connectivity index (χ0n) is 11.9. The van der Waals surface area contributed by atoms with Crippen LogP contribution in [0.2, 0.25) is 0 Å². The molecule has 2 aromatic carbocycles. The Hall–Kier alpha value is -2.76. The van der Waals surface area contributed by atoms with E-state index in [9.17, 15) is 9.18 Å². The van der Waals surface area contributed by atoms with Gasteiger partial charge in [0, 0.05) is 11.8 Å². The van der Waals surface area contributed by atoms with Crippen LogP contribution in [0.1, 0.15) is 6.92 Å². The monoisotopic (exact) mass is 302 g/mol. The van der Waals surface area contributed by atoms with Crippen LogP contribution in [0.25, 0.3) is 0 Å². The minimum atomic E-state index is -0.542. The minimum Gasteiger partial charge on any atom is -0.454 e. The number of fused-ring (bicyclic) bond motifs is 1. The Kier molecular flexibility index (Phi) is 3.82. The molecule has 6 heteroatoms. The number of nitrogens with one attached hydrogen (secondary N) is 2. The van der Waals surface area contributed by atoms with E-state index in [0.29, 0.717) is 11.5 Å². The SMILES string of the molecule is C[C@@H](Nc1ccc2c(c1)OCO2)C(=O)Nc1ccccc1F. The summed E-state index contributed by atoms with van der Waals surface area (Å²) >= 11 is 0. The van der Waals surface area contributed by atoms with Crippen molar-refractivity contribution in [2.75, 3.05) is 17.4 Å². The molecule has 5 nitrogen and oxygen atoms in total. The summed E-state index contributed by atoms with van der Waals surface area (Å²) in [6, 6.07) is 10.8. The van der Waals surface area contributed by atoms with Crippen LogP contribution in [0.5, 0.6) is 11.5 Å². The van der Waals surface area contributed by atoms with Crippen molar-refractivity contribution in [1.82, 2.24) is 0 Å². The molecule has 1 aliphatic rings. The Bertz CT molecular complexity index is 706. The van der Waals surface area contributed by atoms with Gasteiger partial charge in [-0.3, -0.25) is 4.79 Å². The van der Waals surface area contributed by atoms with Gasteiger partial charge in [-0.1, -0.05) is 12.1 Å². The van der Waals surface area contributed by atoms with E-state index in [2.05, 4.69) is 10.6 Å². The molecule has 0 bridgehead atoms. The van der Waals surface area contributed by atoms with Gasteiger partial charge in [-0.2, -0.15) is 0 Å². The number of para-hydroxylation sites is 1. The maximum Gasteiger partial charge on any atom is 0.246 e. The predicted molar refractivity (Wildman–Crippen MR) is 80.7 cm³/mol. The summed E-state index contributed by atoms with van der Waals surface area (Å²) in [5.74, 6) is 0.509.